The third kappa shape index (κ3) is 5.71. The minimum Gasteiger partial charge on any atom is -0.379 e. The molecule has 28 heavy (non-hydrogen) atoms. The minimum atomic E-state index is -0.109. The van der Waals surface area contributed by atoms with Crippen LogP contribution in [0.4, 0.5) is 0 Å². The standard InChI is InChI=1S/C22H27N3O3/c1-17-4-6-18(7-5-17)20(25-11-13-28-14-12-25)16-24-22(27)9-8-21(26)19-3-2-10-23-15-19/h2-7,10,15,20H,8-9,11-14,16H2,1H3,(H,24,27). The summed E-state index contributed by atoms with van der Waals surface area (Å²) < 4.78 is 5.47. The molecule has 1 fully saturated rings. The van der Waals surface area contributed by atoms with Crippen LogP contribution < -0.4 is 5.32 Å². The third-order valence-corrected chi connectivity index (χ3v) is 5.00. The second kappa shape index (κ2) is 10.1. The van der Waals surface area contributed by atoms with Crippen LogP contribution in [0.1, 0.15) is 40.4 Å². The van der Waals surface area contributed by atoms with Crippen LogP contribution in [0.25, 0.3) is 0 Å². The summed E-state index contributed by atoms with van der Waals surface area (Å²) in [6.07, 6.45) is 3.52. The molecule has 1 aromatic heterocycles. The van der Waals surface area contributed by atoms with Crippen molar-refractivity contribution in [2.45, 2.75) is 25.8 Å². The minimum absolute atomic E-state index is 0.0634. The number of Topliss-reactive ketones (excluding diaryl/α,β-unsaturated/α-hetero) is 1. The van der Waals surface area contributed by atoms with E-state index in [1.54, 1.807) is 18.3 Å². The predicted molar refractivity (Wildman–Crippen MR) is 107 cm³/mol. The summed E-state index contributed by atoms with van der Waals surface area (Å²) in [5.41, 5.74) is 2.93. The molecular formula is C22H27N3O3. The Morgan fingerprint density at radius 2 is 1.89 bits per heavy atom. The number of benzene rings is 1. The fourth-order valence-electron chi connectivity index (χ4n) is 3.33. The Bertz CT molecular complexity index is 771. The van der Waals surface area contributed by atoms with Gasteiger partial charge in [-0.3, -0.25) is 19.5 Å². The van der Waals surface area contributed by atoms with Crippen LogP contribution >= 0.6 is 0 Å². The maximum Gasteiger partial charge on any atom is 0.220 e. The molecule has 1 aliphatic heterocycles. The first-order valence-corrected chi connectivity index (χ1v) is 9.72. The average molecular weight is 381 g/mol. The molecule has 0 saturated carbocycles. The van der Waals surface area contributed by atoms with Gasteiger partial charge in [-0.05, 0) is 24.6 Å². The normalized spacial score (nSPS) is 15.8. The lowest BCUT2D eigenvalue weighted by molar-refractivity contribution is -0.121. The number of aryl methyl sites for hydroxylation is 1. The van der Waals surface area contributed by atoms with E-state index in [1.165, 1.54) is 17.3 Å². The Morgan fingerprint density at radius 1 is 1.14 bits per heavy atom. The van der Waals surface area contributed by atoms with Gasteiger partial charge in [0, 0.05) is 50.4 Å². The molecule has 2 aromatic rings. The van der Waals surface area contributed by atoms with Crippen molar-refractivity contribution in [1.82, 2.24) is 15.2 Å². The molecule has 1 N–H and O–H groups in total. The number of aromatic nitrogens is 1. The van der Waals surface area contributed by atoms with Gasteiger partial charge in [0.25, 0.3) is 0 Å². The Labute approximate surface area is 165 Å². The summed E-state index contributed by atoms with van der Waals surface area (Å²) in [4.78, 5) is 30.8. The lowest BCUT2D eigenvalue weighted by Gasteiger charge is -2.35. The van der Waals surface area contributed by atoms with Crippen LogP contribution in [-0.4, -0.2) is 54.4 Å². The Hall–Kier alpha value is -2.57. The van der Waals surface area contributed by atoms with Crippen LogP contribution in [0.3, 0.4) is 0 Å². The molecule has 6 heteroatoms. The summed E-state index contributed by atoms with van der Waals surface area (Å²) in [7, 11) is 0. The van der Waals surface area contributed by atoms with Gasteiger partial charge < -0.3 is 10.1 Å². The number of rotatable bonds is 8. The van der Waals surface area contributed by atoms with E-state index in [2.05, 4.69) is 46.4 Å². The lowest BCUT2D eigenvalue weighted by Crippen LogP contribution is -2.43. The molecule has 0 aliphatic carbocycles. The highest BCUT2D eigenvalue weighted by Gasteiger charge is 2.23. The topological polar surface area (TPSA) is 71.5 Å². The van der Waals surface area contributed by atoms with Crippen LogP contribution in [0.15, 0.2) is 48.8 Å². The van der Waals surface area contributed by atoms with E-state index in [9.17, 15) is 9.59 Å². The summed E-state index contributed by atoms with van der Waals surface area (Å²) in [5, 5.41) is 3.01. The number of nitrogens with zero attached hydrogens (tertiary/aromatic N) is 2. The third-order valence-electron chi connectivity index (χ3n) is 5.00. The van der Waals surface area contributed by atoms with Gasteiger partial charge in [-0.15, -0.1) is 0 Å². The van der Waals surface area contributed by atoms with Gasteiger partial charge in [-0.2, -0.15) is 0 Å². The molecule has 1 saturated heterocycles. The fraction of sp³-hybridized carbons (Fsp3) is 0.409. The smallest absolute Gasteiger partial charge is 0.220 e. The molecule has 148 valence electrons. The van der Waals surface area contributed by atoms with E-state index in [0.29, 0.717) is 25.3 Å². The maximum absolute atomic E-state index is 12.3. The second-order valence-corrected chi connectivity index (χ2v) is 7.04. The molecule has 1 amide bonds. The number of nitrogens with one attached hydrogen (secondary N) is 1. The van der Waals surface area contributed by atoms with Crippen molar-refractivity contribution in [2.75, 3.05) is 32.8 Å². The van der Waals surface area contributed by atoms with E-state index in [4.69, 9.17) is 4.74 Å². The van der Waals surface area contributed by atoms with E-state index in [1.807, 2.05) is 0 Å². The van der Waals surface area contributed by atoms with Crippen molar-refractivity contribution >= 4 is 11.7 Å². The maximum atomic E-state index is 12.3. The average Bonchev–Trinajstić information content (AvgIpc) is 2.75. The summed E-state index contributed by atoms with van der Waals surface area (Å²) in [5.74, 6) is -0.172. The molecule has 3 rings (SSSR count). The van der Waals surface area contributed by atoms with Crippen LogP contribution in [0.2, 0.25) is 0 Å². The molecule has 1 atom stereocenters. The van der Waals surface area contributed by atoms with E-state index in [-0.39, 0.29) is 30.6 Å². The van der Waals surface area contributed by atoms with Crippen molar-refractivity contribution in [3.8, 4) is 0 Å². The number of carbonyl (C=O) groups is 2. The van der Waals surface area contributed by atoms with Crippen molar-refractivity contribution in [3.63, 3.8) is 0 Å². The van der Waals surface area contributed by atoms with Gasteiger partial charge in [-0.25, -0.2) is 0 Å². The Morgan fingerprint density at radius 3 is 2.57 bits per heavy atom. The number of ether oxygens (including phenoxy) is 1. The van der Waals surface area contributed by atoms with Crippen LogP contribution in [0, 0.1) is 6.92 Å². The summed E-state index contributed by atoms with van der Waals surface area (Å²) >= 11 is 0. The predicted octanol–water partition coefficient (Wildman–Crippen LogP) is 2.54. The van der Waals surface area contributed by atoms with Crippen molar-refractivity contribution in [1.29, 1.82) is 0 Å². The van der Waals surface area contributed by atoms with Crippen molar-refractivity contribution < 1.29 is 14.3 Å². The van der Waals surface area contributed by atoms with Gasteiger partial charge in [0.05, 0.1) is 19.3 Å². The van der Waals surface area contributed by atoms with Crippen molar-refractivity contribution in [2.24, 2.45) is 0 Å². The molecule has 0 radical (unpaired) electrons. The number of pyridine rings is 1. The highest BCUT2D eigenvalue weighted by Crippen LogP contribution is 2.22. The molecule has 1 aliphatic rings. The molecule has 1 unspecified atom stereocenters. The molecule has 0 bridgehead atoms. The van der Waals surface area contributed by atoms with Crippen molar-refractivity contribution in [3.05, 3.63) is 65.5 Å². The van der Waals surface area contributed by atoms with Gasteiger partial charge in [-0.1, -0.05) is 29.8 Å². The largest absolute Gasteiger partial charge is 0.379 e. The molecule has 1 aromatic carbocycles. The summed E-state index contributed by atoms with van der Waals surface area (Å²) in [6.45, 7) is 5.67. The first kappa shape index (κ1) is 20.2. The Kier molecular flexibility index (Phi) is 7.28. The zero-order chi connectivity index (χ0) is 19.8. The summed E-state index contributed by atoms with van der Waals surface area (Å²) in [6, 6.07) is 12.0. The molecule has 0 spiro atoms. The SMILES string of the molecule is Cc1ccc(C(CNC(=O)CCC(=O)c2cccnc2)N2CCOCC2)cc1. The number of hydrogen-bond acceptors (Lipinski definition) is 5. The number of amides is 1. The quantitative estimate of drug-likeness (QED) is 0.712. The van der Waals surface area contributed by atoms with Gasteiger partial charge in [0.15, 0.2) is 5.78 Å². The highest BCUT2D eigenvalue weighted by molar-refractivity contribution is 5.97. The van der Waals surface area contributed by atoms with Gasteiger partial charge >= 0.3 is 0 Å². The zero-order valence-electron chi connectivity index (χ0n) is 16.3. The van der Waals surface area contributed by atoms with E-state index >= 15 is 0 Å². The number of hydrogen-bond donors (Lipinski definition) is 1. The zero-order valence-corrected chi connectivity index (χ0v) is 16.3. The monoisotopic (exact) mass is 381 g/mol. The highest BCUT2D eigenvalue weighted by atomic mass is 16.5. The van der Waals surface area contributed by atoms with E-state index < -0.39 is 0 Å². The molecule has 2 heterocycles. The molecule has 6 nitrogen and oxygen atoms in total. The van der Waals surface area contributed by atoms with E-state index in [0.717, 1.165) is 13.1 Å². The molecular weight excluding hydrogens is 354 g/mol. The Balaban J connectivity index is 1.55. The first-order chi connectivity index (χ1) is 13.6. The van der Waals surface area contributed by atoms with Gasteiger partial charge in [0.1, 0.15) is 0 Å². The second-order valence-electron chi connectivity index (χ2n) is 7.04. The lowest BCUT2D eigenvalue weighted by atomic mass is 10.0. The first-order valence-electron chi connectivity index (χ1n) is 9.72. The number of carbonyl (C=O) groups excluding carboxylic acids is 2. The number of ketones is 1. The van der Waals surface area contributed by atoms with Gasteiger partial charge in [0.2, 0.25) is 5.91 Å². The van der Waals surface area contributed by atoms with Crippen LogP contribution in [-0.2, 0) is 9.53 Å². The number of morpholine rings is 1. The fourth-order valence-corrected chi connectivity index (χ4v) is 3.33. The van der Waals surface area contributed by atoms with Crippen LogP contribution in [0.5, 0.6) is 0 Å².